The van der Waals surface area contributed by atoms with Crippen LogP contribution < -0.4 is 20.3 Å². The predicted octanol–water partition coefficient (Wildman–Crippen LogP) is 6.48. The fraction of sp³-hybridized carbons (Fsp3) is 0.214. The second-order valence-corrected chi connectivity index (χ2v) is 10.5. The Kier molecular flexibility index (Phi) is 9.13. The molecule has 0 fully saturated rings. The molecule has 1 aromatic heterocycles. The van der Waals surface area contributed by atoms with Gasteiger partial charge in [-0.1, -0.05) is 35.8 Å². The number of ether oxygens (including phenoxy) is 2. The first-order valence-electron chi connectivity index (χ1n) is 12.0. The van der Waals surface area contributed by atoms with Crippen LogP contribution in [0.5, 0.6) is 11.5 Å². The van der Waals surface area contributed by atoms with E-state index in [1.54, 1.807) is 30.3 Å². The summed E-state index contributed by atoms with van der Waals surface area (Å²) in [6, 6.07) is 14.4. The van der Waals surface area contributed by atoms with Gasteiger partial charge in [-0.3, -0.25) is 9.59 Å². The molecule has 1 atom stereocenters. The van der Waals surface area contributed by atoms with Crippen molar-refractivity contribution in [3.8, 4) is 11.5 Å². The van der Waals surface area contributed by atoms with Crippen LogP contribution in [0.1, 0.15) is 37.6 Å². The Morgan fingerprint density at radius 1 is 1.21 bits per heavy atom. The molecule has 0 saturated carbocycles. The largest absolute Gasteiger partial charge is 0.493 e. The Morgan fingerprint density at radius 2 is 2.00 bits per heavy atom. The van der Waals surface area contributed by atoms with Gasteiger partial charge in [0.05, 0.1) is 28.7 Å². The van der Waals surface area contributed by atoms with Crippen LogP contribution in [0.3, 0.4) is 0 Å². The van der Waals surface area contributed by atoms with Crippen molar-refractivity contribution in [1.82, 2.24) is 9.66 Å². The highest BCUT2D eigenvalue weighted by atomic mass is 79.9. The van der Waals surface area contributed by atoms with Gasteiger partial charge in [-0.05, 0) is 76.4 Å². The van der Waals surface area contributed by atoms with E-state index >= 15 is 0 Å². The van der Waals surface area contributed by atoms with Crippen LogP contribution in [-0.4, -0.2) is 35.5 Å². The molecule has 1 amide bonds. The molecule has 1 heterocycles. The van der Waals surface area contributed by atoms with E-state index in [2.05, 4.69) is 42.3 Å². The molecule has 0 aliphatic rings. The number of rotatable bonds is 9. The Labute approximate surface area is 241 Å². The van der Waals surface area contributed by atoms with Gasteiger partial charge in [0.2, 0.25) is 0 Å². The summed E-state index contributed by atoms with van der Waals surface area (Å²) < 4.78 is 27.2. The number of anilines is 1. The van der Waals surface area contributed by atoms with Crippen LogP contribution in [0, 0.1) is 5.82 Å². The van der Waals surface area contributed by atoms with Gasteiger partial charge < -0.3 is 14.8 Å². The lowest BCUT2D eigenvalue weighted by Gasteiger charge is -2.15. The Morgan fingerprint density at radius 3 is 2.72 bits per heavy atom. The number of nitrogens with one attached hydrogen (secondary N) is 1. The zero-order valence-corrected chi connectivity index (χ0v) is 24.5. The quantitative estimate of drug-likeness (QED) is 0.208. The number of nitrogens with zero attached hydrogens (tertiary/aromatic N) is 3. The molecular formula is C28H25Br2FN4O4. The molecule has 0 aliphatic heterocycles. The van der Waals surface area contributed by atoms with E-state index in [-0.39, 0.29) is 18.1 Å². The Bertz CT molecular complexity index is 1620. The predicted molar refractivity (Wildman–Crippen MR) is 157 cm³/mol. The summed E-state index contributed by atoms with van der Waals surface area (Å²) in [5, 5.41) is 7.52. The minimum absolute atomic E-state index is 0.00142. The van der Waals surface area contributed by atoms with Crippen LogP contribution in [-0.2, 0) is 4.79 Å². The van der Waals surface area contributed by atoms with Crippen LogP contribution in [0.15, 0.2) is 73.4 Å². The summed E-state index contributed by atoms with van der Waals surface area (Å²) in [5.41, 5.74) is 1.27. The molecule has 4 rings (SSSR count). The number of benzene rings is 3. The molecule has 8 nitrogen and oxygen atoms in total. The molecule has 0 bridgehead atoms. The lowest BCUT2D eigenvalue weighted by atomic mass is 10.1. The van der Waals surface area contributed by atoms with Gasteiger partial charge in [-0.25, -0.2) is 9.37 Å². The van der Waals surface area contributed by atoms with Gasteiger partial charge in [-0.15, -0.1) is 0 Å². The number of hydrogen-bond donors (Lipinski definition) is 1. The summed E-state index contributed by atoms with van der Waals surface area (Å²) in [5.74, 6) is 0.286. The number of hydrogen-bond acceptors (Lipinski definition) is 6. The average molecular weight is 660 g/mol. The molecule has 202 valence electrons. The first-order chi connectivity index (χ1) is 18.7. The Balaban J connectivity index is 1.60. The number of methoxy groups -OCH3 is 1. The maximum absolute atomic E-state index is 13.4. The van der Waals surface area contributed by atoms with E-state index in [1.807, 2.05) is 19.9 Å². The molecule has 4 aromatic rings. The maximum Gasteiger partial charge on any atom is 0.282 e. The monoisotopic (exact) mass is 658 g/mol. The highest BCUT2D eigenvalue weighted by molar-refractivity contribution is 9.10. The molecule has 1 N–H and O–H groups in total. The average Bonchev–Trinajstić information content (AvgIpc) is 2.91. The number of amides is 1. The lowest BCUT2D eigenvalue weighted by Crippen LogP contribution is -2.23. The van der Waals surface area contributed by atoms with E-state index < -0.39 is 11.7 Å². The van der Waals surface area contributed by atoms with Gasteiger partial charge in [0.15, 0.2) is 18.1 Å². The molecule has 0 unspecified atom stereocenters. The second-order valence-electron chi connectivity index (χ2n) is 8.68. The molecule has 0 saturated heterocycles. The number of aromatic nitrogens is 2. The van der Waals surface area contributed by atoms with Gasteiger partial charge >= 0.3 is 0 Å². The van der Waals surface area contributed by atoms with Crippen molar-refractivity contribution < 1.29 is 18.7 Å². The highest BCUT2D eigenvalue weighted by Crippen LogP contribution is 2.36. The molecule has 0 spiro atoms. The van der Waals surface area contributed by atoms with Crippen LogP contribution in [0.25, 0.3) is 10.9 Å². The van der Waals surface area contributed by atoms with Gasteiger partial charge in [0, 0.05) is 16.1 Å². The molecule has 11 heteroatoms. The van der Waals surface area contributed by atoms with E-state index in [1.165, 1.54) is 36.2 Å². The Hall–Kier alpha value is -3.57. The molecule has 3 aromatic carbocycles. The van der Waals surface area contributed by atoms with Crippen molar-refractivity contribution in [3.63, 3.8) is 0 Å². The van der Waals surface area contributed by atoms with Crippen molar-refractivity contribution in [2.24, 2.45) is 5.10 Å². The first-order valence-corrected chi connectivity index (χ1v) is 13.6. The molecular weight excluding hydrogens is 635 g/mol. The molecule has 0 aliphatic carbocycles. The number of fused-ring (bicyclic) bond motifs is 1. The third kappa shape index (κ3) is 6.72. The van der Waals surface area contributed by atoms with Crippen molar-refractivity contribution >= 4 is 60.6 Å². The van der Waals surface area contributed by atoms with E-state index in [0.717, 1.165) is 10.9 Å². The minimum atomic E-state index is -0.465. The van der Waals surface area contributed by atoms with Crippen molar-refractivity contribution in [3.05, 3.63) is 91.1 Å². The number of carbonyl (C=O) groups excluding carboxylic acids is 1. The van der Waals surface area contributed by atoms with Crippen molar-refractivity contribution in [2.45, 2.75) is 26.2 Å². The molecule has 0 radical (unpaired) electrons. The van der Waals surface area contributed by atoms with Crippen LogP contribution in [0.4, 0.5) is 10.1 Å². The smallest absolute Gasteiger partial charge is 0.282 e. The fourth-order valence-electron chi connectivity index (χ4n) is 3.76. The minimum Gasteiger partial charge on any atom is -0.493 e. The van der Waals surface area contributed by atoms with E-state index in [4.69, 9.17) is 14.5 Å². The van der Waals surface area contributed by atoms with E-state index in [9.17, 15) is 14.0 Å². The third-order valence-corrected chi connectivity index (χ3v) is 7.00. The summed E-state index contributed by atoms with van der Waals surface area (Å²) in [7, 11) is 1.47. The van der Waals surface area contributed by atoms with Gasteiger partial charge in [0.25, 0.3) is 11.5 Å². The standard InChI is InChI=1S/C28H25Br2FN4O4/c1-4-16(2)27-34-23-9-8-18(29)12-21(23)28(37)35(27)32-14-17-10-22(30)26(24(11-17)38-3)39-15-25(36)33-20-7-5-6-19(31)13-20/h5-14,16H,4,15H2,1-3H3,(H,33,36)/t16-/m0/s1. The van der Waals surface area contributed by atoms with Crippen molar-refractivity contribution in [1.29, 1.82) is 0 Å². The number of halogens is 3. The summed E-state index contributed by atoms with van der Waals surface area (Å²) >= 11 is 6.88. The SMILES string of the molecule is CC[C@H](C)c1nc2ccc(Br)cc2c(=O)n1N=Cc1cc(Br)c(OCC(=O)Nc2cccc(F)c2)c(OC)c1. The maximum atomic E-state index is 13.4. The third-order valence-electron chi connectivity index (χ3n) is 5.92. The van der Waals surface area contributed by atoms with E-state index in [0.29, 0.717) is 43.9 Å². The summed E-state index contributed by atoms with van der Waals surface area (Å²) in [6.07, 6.45) is 2.31. The highest BCUT2D eigenvalue weighted by Gasteiger charge is 2.17. The first kappa shape index (κ1) is 28.4. The molecule has 39 heavy (non-hydrogen) atoms. The zero-order chi connectivity index (χ0) is 28.1. The summed E-state index contributed by atoms with van der Waals surface area (Å²) in [4.78, 5) is 30.4. The van der Waals surface area contributed by atoms with Crippen LogP contribution in [0.2, 0.25) is 0 Å². The normalized spacial score (nSPS) is 12.1. The number of carbonyl (C=O) groups is 1. The fourth-order valence-corrected chi connectivity index (χ4v) is 4.69. The van der Waals surface area contributed by atoms with Crippen molar-refractivity contribution in [2.75, 3.05) is 19.0 Å². The second kappa shape index (κ2) is 12.5. The zero-order valence-electron chi connectivity index (χ0n) is 21.4. The van der Waals surface area contributed by atoms with Gasteiger partial charge in [-0.2, -0.15) is 9.78 Å². The lowest BCUT2D eigenvalue weighted by molar-refractivity contribution is -0.118. The van der Waals surface area contributed by atoms with Crippen LogP contribution >= 0.6 is 31.9 Å². The topological polar surface area (TPSA) is 94.8 Å². The van der Waals surface area contributed by atoms with Gasteiger partial charge in [0.1, 0.15) is 11.6 Å². The summed E-state index contributed by atoms with van der Waals surface area (Å²) in [6.45, 7) is 3.69.